The summed E-state index contributed by atoms with van der Waals surface area (Å²) >= 11 is 6.05. The summed E-state index contributed by atoms with van der Waals surface area (Å²) in [5.41, 5.74) is 0. The van der Waals surface area contributed by atoms with E-state index in [1.807, 2.05) is 11.9 Å². The largest absolute Gasteiger partial charge is 0.448 e. The lowest BCUT2D eigenvalue weighted by molar-refractivity contribution is 0.159. The predicted molar refractivity (Wildman–Crippen MR) is 75.2 cm³/mol. The summed E-state index contributed by atoms with van der Waals surface area (Å²) in [4.78, 5) is 23.9. The van der Waals surface area contributed by atoms with Gasteiger partial charge in [0.15, 0.2) is 0 Å². The lowest BCUT2D eigenvalue weighted by Crippen LogP contribution is -2.34. The summed E-state index contributed by atoms with van der Waals surface area (Å²) in [6.45, 7) is 2.44. The third kappa shape index (κ3) is 2.95. The number of anilines is 1. The summed E-state index contributed by atoms with van der Waals surface area (Å²) in [7, 11) is 1.94. The van der Waals surface area contributed by atoms with Gasteiger partial charge in [0.25, 0.3) is 0 Å². The summed E-state index contributed by atoms with van der Waals surface area (Å²) < 4.78 is 4.90. The fourth-order valence-electron chi connectivity index (χ4n) is 2.16. The summed E-state index contributed by atoms with van der Waals surface area (Å²) in [5.74, 6) is 2.11. The van der Waals surface area contributed by atoms with Crippen LogP contribution in [0.25, 0.3) is 0 Å². The van der Waals surface area contributed by atoms with Crippen LogP contribution >= 0.6 is 11.6 Å². The summed E-state index contributed by atoms with van der Waals surface area (Å²) in [6.07, 6.45) is 2.05. The molecule has 0 radical (unpaired) electrons. The lowest BCUT2D eigenvalue weighted by atomic mass is 10.3. The minimum Gasteiger partial charge on any atom is -0.448 e. The number of nitrogens with zero attached hydrogens (tertiary/aromatic N) is 4. The van der Waals surface area contributed by atoms with Crippen molar-refractivity contribution in [1.82, 2.24) is 14.9 Å². The highest BCUT2D eigenvalue weighted by molar-refractivity contribution is 6.29. The molecule has 0 aromatic carbocycles. The lowest BCUT2D eigenvalue weighted by Gasteiger charge is -2.21. The first-order valence-corrected chi connectivity index (χ1v) is 7.18. The molecule has 0 unspecified atom stereocenters. The number of amides is 1. The van der Waals surface area contributed by atoms with Gasteiger partial charge in [-0.25, -0.2) is 14.8 Å². The second-order valence-electron chi connectivity index (χ2n) is 5.20. The molecule has 1 saturated heterocycles. The van der Waals surface area contributed by atoms with Crippen molar-refractivity contribution in [2.45, 2.75) is 18.8 Å². The quantitative estimate of drug-likeness (QED) is 0.777. The van der Waals surface area contributed by atoms with E-state index >= 15 is 0 Å². The van der Waals surface area contributed by atoms with Crippen molar-refractivity contribution in [3.63, 3.8) is 0 Å². The van der Waals surface area contributed by atoms with E-state index in [2.05, 4.69) is 9.97 Å². The van der Waals surface area contributed by atoms with Gasteiger partial charge in [-0.3, -0.25) is 0 Å². The molecule has 1 amide bonds. The van der Waals surface area contributed by atoms with E-state index < -0.39 is 0 Å². The van der Waals surface area contributed by atoms with E-state index in [1.165, 1.54) is 0 Å². The molecule has 7 heteroatoms. The van der Waals surface area contributed by atoms with E-state index in [-0.39, 0.29) is 6.09 Å². The number of carbonyl (C=O) groups excluding carboxylic acids is 1. The molecule has 108 valence electrons. The molecule has 1 saturated carbocycles. The number of hydrogen-bond donors (Lipinski definition) is 0. The molecule has 20 heavy (non-hydrogen) atoms. The monoisotopic (exact) mass is 296 g/mol. The molecule has 0 spiro atoms. The standard InChI is InChI=1S/C13H17ClN4O2/c1-17(4-5-18-6-7-20-13(18)19)11-8-10(14)15-12(16-11)9-2-3-9/h8-9H,2-7H2,1H3. The van der Waals surface area contributed by atoms with Gasteiger partial charge in [-0.2, -0.15) is 0 Å². The molecule has 2 heterocycles. The van der Waals surface area contributed by atoms with Crippen molar-refractivity contribution in [3.05, 3.63) is 17.0 Å². The number of rotatable bonds is 5. The van der Waals surface area contributed by atoms with Crippen molar-refractivity contribution in [2.24, 2.45) is 0 Å². The fraction of sp³-hybridized carbons (Fsp3) is 0.615. The second-order valence-corrected chi connectivity index (χ2v) is 5.59. The average Bonchev–Trinajstić information content (AvgIpc) is 3.19. The van der Waals surface area contributed by atoms with Crippen LogP contribution < -0.4 is 4.90 Å². The zero-order valence-corrected chi connectivity index (χ0v) is 12.1. The Morgan fingerprint density at radius 2 is 2.30 bits per heavy atom. The Morgan fingerprint density at radius 3 is 2.95 bits per heavy atom. The molecule has 1 aromatic heterocycles. The third-order valence-corrected chi connectivity index (χ3v) is 3.78. The fourth-order valence-corrected chi connectivity index (χ4v) is 2.34. The van der Waals surface area contributed by atoms with Crippen molar-refractivity contribution in [1.29, 1.82) is 0 Å². The van der Waals surface area contributed by atoms with Gasteiger partial charge in [-0.15, -0.1) is 0 Å². The SMILES string of the molecule is CN(CCN1CCOC1=O)c1cc(Cl)nc(C2CC2)n1. The van der Waals surface area contributed by atoms with E-state index in [1.54, 1.807) is 11.0 Å². The molecular formula is C13H17ClN4O2. The normalized spacial score (nSPS) is 18.3. The Morgan fingerprint density at radius 1 is 1.50 bits per heavy atom. The van der Waals surface area contributed by atoms with E-state index in [0.717, 1.165) is 24.5 Å². The van der Waals surface area contributed by atoms with Crippen LogP contribution in [0.1, 0.15) is 24.6 Å². The maximum atomic E-state index is 11.4. The van der Waals surface area contributed by atoms with Crippen molar-refractivity contribution >= 4 is 23.5 Å². The Bertz CT molecular complexity index is 521. The Hall–Kier alpha value is -1.56. The highest BCUT2D eigenvalue weighted by Crippen LogP contribution is 2.39. The molecule has 6 nitrogen and oxygen atoms in total. The van der Waals surface area contributed by atoms with Crippen LogP contribution in [0.15, 0.2) is 6.07 Å². The molecule has 1 aromatic rings. The minimum absolute atomic E-state index is 0.238. The van der Waals surface area contributed by atoms with Gasteiger partial charge in [0.1, 0.15) is 23.4 Å². The molecular weight excluding hydrogens is 280 g/mol. The molecule has 0 atom stereocenters. The molecule has 3 rings (SSSR count). The zero-order chi connectivity index (χ0) is 14.1. The second kappa shape index (κ2) is 5.44. The molecule has 0 N–H and O–H groups in total. The number of cyclic esters (lactones) is 1. The number of halogens is 1. The maximum Gasteiger partial charge on any atom is 0.409 e. The summed E-state index contributed by atoms with van der Waals surface area (Å²) in [5, 5.41) is 0.476. The van der Waals surface area contributed by atoms with Crippen LogP contribution in [0.5, 0.6) is 0 Å². The Kier molecular flexibility index (Phi) is 3.65. The Balaban J connectivity index is 1.64. The number of ether oxygens (including phenoxy) is 1. The van der Waals surface area contributed by atoms with Crippen molar-refractivity contribution in [3.8, 4) is 0 Å². The molecule has 1 aliphatic carbocycles. The van der Waals surface area contributed by atoms with Crippen LogP contribution in [0.3, 0.4) is 0 Å². The van der Waals surface area contributed by atoms with Gasteiger partial charge >= 0.3 is 6.09 Å². The van der Waals surface area contributed by atoms with Gasteiger partial charge in [-0.1, -0.05) is 11.6 Å². The highest BCUT2D eigenvalue weighted by atomic mass is 35.5. The van der Waals surface area contributed by atoms with Gasteiger partial charge in [0, 0.05) is 32.1 Å². The predicted octanol–water partition coefficient (Wildman–Crippen LogP) is 1.90. The van der Waals surface area contributed by atoms with Crippen LogP contribution in [0, 0.1) is 0 Å². The van der Waals surface area contributed by atoms with Crippen LogP contribution in [0.2, 0.25) is 5.15 Å². The van der Waals surface area contributed by atoms with E-state index in [4.69, 9.17) is 16.3 Å². The van der Waals surface area contributed by atoms with Crippen molar-refractivity contribution < 1.29 is 9.53 Å². The molecule has 1 aliphatic heterocycles. The maximum absolute atomic E-state index is 11.4. The average molecular weight is 297 g/mol. The number of likely N-dealkylation sites (N-methyl/N-ethyl adjacent to an activating group) is 1. The van der Waals surface area contributed by atoms with Crippen LogP contribution in [-0.4, -0.2) is 54.2 Å². The third-order valence-electron chi connectivity index (χ3n) is 3.58. The number of hydrogen-bond acceptors (Lipinski definition) is 5. The number of aromatic nitrogens is 2. The van der Waals surface area contributed by atoms with Crippen LogP contribution in [-0.2, 0) is 4.74 Å². The molecule has 2 aliphatic rings. The van der Waals surface area contributed by atoms with Gasteiger partial charge in [0.2, 0.25) is 0 Å². The zero-order valence-electron chi connectivity index (χ0n) is 11.4. The van der Waals surface area contributed by atoms with Gasteiger partial charge in [0.05, 0.1) is 6.54 Å². The summed E-state index contributed by atoms with van der Waals surface area (Å²) in [6, 6.07) is 1.76. The first-order chi connectivity index (χ1) is 9.63. The highest BCUT2D eigenvalue weighted by Gasteiger charge is 2.28. The van der Waals surface area contributed by atoms with Gasteiger partial charge < -0.3 is 14.5 Å². The number of carbonyl (C=O) groups is 1. The first kappa shape index (κ1) is 13.4. The molecule has 2 fully saturated rings. The minimum atomic E-state index is -0.238. The molecule has 0 bridgehead atoms. The topological polar surface area (TPSA) is 58.6 Å². The van der Waals surface area contributed by atoms with E-state index in [9.17, 15) is 4.79 Å². The Labute approximate surface area is 122 Å². The van der Waals surface area contributed by atoms with Gasteiger partial charge in [-0.05, 0) is 12.8 Å². The van der Waals surface area contributed by atoms with Crippen molar-refractivity contribution in [2.75, 3.05) is 38.2 Å². The van der Waals surface area contributed by atoms with E-state index in [0.29, 0.717) is 37.3 Å². The smallest absolute Gasteiger partial charge is 0.409 e. The first-order valence-electron chi connectivity index (χ1n) is 6.81. The van der Waals surface area contributed by atoms with Crippen LogP contribution in [0.4, 0.5) is 10.6 Å².